The molecule has 0 N–H and O–H groups in total. The first-order valence-corrected chi connectivity index (χ1v) is 12.1. The molecule has 3 aliphatic carbocycles. The van der Waals surface area contributed by atoms with E-state index in [-0.39, 0.29) is 5.41 Å². The van der Waals surface area contributed by atoms with E-state index in [1.165, 1.54) is 96.3 Å². The molecule has 3 saturated carbocycles. The molecule has 0 atom stereocenters. The molecule has 0 aromatic heterocycles. The summed E-state index contributed by atoms with van der Waals surface area (Å²) in [5.74, 6) is 5.10. The molecule has 0 radical (unpaired) electrons. The minimum Gasteiger partial charge on any atom is -0.198 e. The molecule has 0 aliphatic heterocycles. The zero-order valence-corrected chi connectivity index (χ0v) is 17.6. The van der Waals surface area contributed by atoms with Crippen LogP contribution >= 0.6 is 0 Å². The predicted molar refractivity (Wildman–Crippen MR) is 111 cm³/mol. The lowest BCUT2D eigenvalue weighted by atomic mass is 9.62. The first kappa shape index (κ1) is 20.2. The average Bonchev–Trinajstić information content (AvgIpc) is 2.73. The SMILES string of the molecule is CCCCC1CCC(C2CCC(C3CCC(C#N)(CC)CC3)CC2)CC1. The van der Waals surface area contributed by atoms with E-state index in [0.717, 1.165) is 36.0 Å². The van der Waals surface area contributed by atoms with Gasteiger partial charge < -0.3 is 0 Å². The molecule has 0 aromatic carbocycles. The van der Waals surface area contributed by atoms with Crippen LogP contribution in [0.1, 0.15) is 117 Å². The second kappa shape index (κ2) is 9.61. The highest BCUT2D eigenvalue weighted by atomic mass is 14.4. The Bertz CT molecular complexity index is 437. The number of rotatable bonds is 6. The Labute approximate surface area is 163 Å². The summed E-state index contributed by atoms with van der Waals surface area (Å²) in [4.78, 5) is 0. The third-order valence-corrected chi connectivity index (χ3v) is 8.91. The molecule has 1 heteroatoms. The first-order valence-electron chi connectivity index (χ1n) is 12.1. The number of hydrogen-bond acceptors (Lipinski definition) is 1. The summed E-state index contributed by atoms with van der Waals surface area (Å²) >= 11 is 0. The fraction of sp³-hybridized carbons (Fsp3) is 0.960. The monoisotopic (exact) mass is 357 g/mol. The molecule has 0 bridgehead atoms. The summed E-state index contributed by atoms with van der Waals surface area (Å²) in [7, 11) is 0. The summed E-state index contributed by atoms with van der Waals surface area (Å²) in [6.45, 7) is 4.55. The lowest BCUT2D eigenvalue weighted by molar-refractivity contribution is 0.0917. The fourth-order valence-electron chi connectivity index (χ4n) is 6.74. The molecule has 3 fully saturated rings. The van der Waals surface area contributed by atoms with Crippen molar-refractivity contribution in [1.29, 1.82) is 5.26 Å². The first-order chi connectivity index (χ1) is 12.7. The van der Waals surface area contributed by atoms with E-state index in [4.69, 9.17) is 0 Å². The predicted octanol–water partition coefficient (Wildman–Crippen LogP) is 7.90. The molecular weight excluding hydrogens is 314 g/mol. The van der Waals surface area contributed by atoms with Crippen molar-refractivity contribution in [3.63, 3.8) is 0 Å². The van der Waals surface area contributed by atoms with E-state index >= 15 is 0 Å². The number of unbranched alkanes of at least 4 members (excludes halogenated alkanes) is 1. The Kier molecular flexibility index (Phi) is 7.48. The van der Waals surface area contributed by atoms with Gasteiger partial charge in [0.25, 0.3) is 0 Å². The van der Waals surface area contributed by atoms with Gasteiger partial charge in [-0.3, -0.25) is 0 Å². The Morgan fingerprint density at radius 3 is 1.62 bits per heavy atom. The summed E-state index contributed by atoms with van der Waals surface area (Å²) in [5.41, 5.74) is 0.0319. The lowest BCUT2D eigenvalue weighted by Gasteiger charge is -2.42. The van der Waals surface area contributed by atoms with E-state index in [9.17, 15) is 5.26 Å². The minimum atomic E-state index is 0.0319. The van der Waals surface area contributed by atoms with Crippen LogP contribution in [0.3, 0.4) is 0 Å². The van der Waals surface area contributed by atoms with Crippen molar-refractivity contribution in [3.8, 4) is 6.07 Å². The maximum absolute atomic E-state index is 9.53. The quantitative estimate of drug-likeness (QED) is 0.474. The van der Waals surface area contributed by atoms with Crippen LogP contribution in [0.15, 0.2) is 0 Å². The molecule has 0 aromatic rings. The van der Waals surface area contributed by atoms with Gasteiger partial charge in [-0.1, -0.05) is 46.0 Å². The van der Waals surface area contributed by atoms with Gasteiger partial charge in [0.15, 0.2) is 0 Å². The highest BCUT2D eigenvalue weighted by molar-refractivity contribution is 5.01. The fourth-order valence-corrected chi connectivity index (χ4v) is 6.74. The number of nitriles is 1. The molecule has 0 amide bonds. The summed E-state index contributed by atoms with van der Waals surface area (Å²) in [6, 6.07) is 2.66. The lowest BCUT2D eigenvalue weighted by Crippen LogP contribution is -2.32. The van der Waals surface area contributed by atoms with Crippen LogP contribution in [0, 0.1) is 46.3 Å². The molecule has 3 aliphatic rings. The Morgan fingerprint density at radius 1 is 0.731 bits per heavy atom. The maximum atomic E-state index is 9.53. The molecule has 0 saturated heterocycles. The molecule has 1 nitrogen and oxygen atoms in total. The van der Waals surface area contributed by atoms with Crippen molar-refractivity contribution < 1.29 is 0 Å². The maximum Gasteiger partial charge on any atom is 0.0689 e. The normalized spacial score (nSPS) is 41.5. The molecule has 3 rings (SSSR count). The average molecular weight is 358 g/mol. The smallest absolute Gasteiger partial charge is 0.0689 e. The number of nitrogens with zero attached hydrogens (tertiary/aromatic N) is 1. The second-order valence-corrected chi connectivity index (χ2v) is 10.2. The van der Waals surface area contributed by atoms with Gasteiger partial charge in [0.05, 0.1) is 11.5 Å². The number of hydrogen-bond donors (Lipinski definition) is 0. The zero-order valence-electron chi connectivity index (χ0n) is 17.6. The van der Waals surface area contributed by atoms with Crippen LogP contribution in [0.2, 0.25) is 0 Å². The highest BCUT2D eigenvalue weighted by Crippen LogP contribution is 2.49. The van der Waals surface area contributed by atoms with E-state index in [0.29, 0.717) is 0 Å². The van der Waals surface area contributed by atoms with Crippen LogP contribution in [-0.2, 0) is 0 Å². The summed E-state index contributed by atoms with van der Waals surface area (Å²) in [5, 5.41) is 9.53. The largest absolute Gasteiger partial charge is 0.198 e. The van der Waals surface area contributed by atoms with Crippen molar-refractivity contribution in [2.45, 2.75) is 117 Å². The molecule has 26 heavy (non-hydrogen) atoms. The third kappa shape index (κ3) is 4.85. The van der Waals surface area contributed by atoms with Crippen LogP contribution in [0.5, 0.6) is 0 Å². The van der Waals surface area contributed by atoms with Crippen LogP contribution < -0.4 is 0 Å². The van der Waals surface area contributed by atoms with Gasteiger partial charge in [0.1, 0.15) is 0 Å². The van der Waals surface area contributed by atoms with Crippen molar-refractivity contribution in [2.24, 2.45) is 35.0 Å². The minimum absolute atomic E-state index is 0.0319. The van der Waals surface area contributed by atoms with Crippen LogP contribution in [-0.4, -0.2) is 0 Å². The van der Waals surface area contributed by atoms with E-state index in [1.54, 1.807) is 0 Å². The Morgan fingerprint density at radius 2 is 1.19 bits per heavy atom. The van der Waals surface area contributed by atoms with Crippen molar-refractivity contribution in [3.05, 3.63) is 0 Å². The van der Waals surface area contributed by atoms with Crippen LogP contribution in [0.4, 0.5) is 0 Å². The topological polar surface area (TPSA) is 23.8 Å². The van der Waals surface area contributed by atoms with Crippen molar-refractivity contribution >= 4 is 0 Å². The highest BCUT2D eigenvalue weighted by Gasteiger charge is 2.38. The summed E-state index contributed by atoms with van der Waals surface area (Å²) in [6.07, 6.45) is 22.6. The van der Waals surface area contributed by atoms with Gasteiger partial charge in [-0.25, -0.2) is 0 Å². The van der Waals surface area contributed by atoms with Gasteiger partial charge >= 0.3 is 0 Å². The van der Waals surface area contributed by atoms with Gasteiger partial charge in [-0.15, -0.1) is 0 Å². The standard InChI is InChI=1S/C25H43N/c1-3-5-6-20-7-9-21(10-8-20)22-11-13-23(14-12-22)24-15-17-25(4-2,19-26)18-16-24/h20-24H,3-18H2,1-2H3. The van der Waals surface area contributed by atoms with Gasteiger partial charge in [-0.2, -0.15) is 5.26 Å². The van der Waals surface area contributed by atoms with Crippen molar-refractivity contribution in [2.75, 3.05) is 0 Å². The van der Waals surface area contributed by atoms with E-state index in [1.807, 2.05) is 0 Å². The van der Waals surface area contributed by atoms with Gasteiger partial charge in [-0.05, 0) is 100 Å². The van der Waals surface area contributed by atoms with Gasteiger partial charge in [0.2, 0.25) is 0 Å². The second-order valence-electron chi connectivity index (χ2n) is 10.2. The Hall–Kier alpha value is -0.510. The molecule has 148 valence electrons. The zero-order chi connectivity index (χ0) is 18.4. The Balaban J connectivity index is 1.38. The van der Waals surface area contributed by atoms with E-state index < -0.39 is 0 Å². The molecule has 0 unspecified atom stereocenters. The summed E-state index contributed by atoms with van der Waals surface area (Å²) < 4.78 is 0. The van der Waals surface area contributed by atoms with E-state index in [2.05, 4.69) is 19.9 Å². The molecule has 0 spiro atoms. The van der Waals surface area contributed by atoms with Crippen LogP contribution in [0.25, 0.3) is 0 Å². The van der Waals surface area contributed by atoms with Crippen molar-refractivity contribution in [1.82, 2.24) is 0 Å². The molecular formula is C25H43N. The van der Waals surface area contributed by atoms with Gasteiger partial charge in [0, 0.05) is 0 Å². The third-order valence-electron chi connectivity index (χ3n) is 8.91. The molecule has 0 heterocycles.